The average molecular weight is 472 g/mol. The maximum absolute atomic E-state index is 13.5. The Balaban J connectivity index is 1.54. The Morgan fingerprint density at radius 3 is 2.51 bits per heavy atom. The molecule has 0 saturated heterocycles. The first-order valence-corrected chi connectivity index (χ1v) is 12.3. The van der Waals surface area contributed by atoms with Gasteiger partial charge in [0.1, 0.15) is 5.82 Å². The van der Waals surface area contributed by atoms with E-state index in [1.165, 1.54) is 5.56 Å². The molecule has 2 aromatic carbocycles. The van der Waals surface area contributed by atoms with Crippen LogP contribution in [0.1, 0.15) is 82.9 Å². The molecule has 1 unspecified atom stereocenters. The number of rotatable bonds is 8. The zero-order valence-electron chi connectivity index (χ0n) is 20.9. The number of amides is 1. The molecule has 182 valence electrons. The van der Waals surface area contributed by atoms with Crippen LogP contribution in [0.3, 0.4) is 0 Å². The molecule has 1 aliphatic carbocycles. The van der Waals surface area contributed by atoms with Gasteiger partial charge in [0, 0.05) is 24.7 Å². The van der Waals surface area contributed by atoms with Gasteiger partial charge in [-0.05, 0) is 86.3 Å². The number of aromatic nitrogens is 3. The largest absolute Gasteiger partial charge is 0.393 e. The van der Waals surface area contributed by atoms with E-state index in [1.807, 2.05) is 51.2 Å². The highest BCUT2D eigenvalue weighted by Crippen LogP contribution is 2.42. The Morgan fingerprint density at radius 1 is 1.23 bits per heavy atom. The summed E-state index contributed by atoms with van der Waals surface area (Å²) in [5, 5.41) is 27.3. The topological polar surface area (TPSA) is 106 Å². The minimum absolute atomic E-state index is 0.0186. The zero-order chi connectivity index (χ0) is 25.1. The second-order valence-corrected chi connectivity index (χ2v) is 9.69. The van der Waals surface area contributed by atoms with Gasteiger partial charge in [-0.25, -0.2) is 0 Å². The Labute approximate surface area is 206 Å². The van der Waals surface area contributed by atoms with Crippen LogP contribution in [0.5, 0.6) is 0 Å². The van der Waals surface area contributed by atoms with Gasteiger partial charge in [-0.15, -0.1) is 10.2 Å². The molecule has 3 aromatic rings. The number of nitriles is 1. The third-order valence-electron chi connectivity index (χ3n) is 7.20. The zero-order valence-corrected chi connectivity index (χ0v) is 20.9. The lowest BCUT2D eigenvalue weighted by atomic mass is 9.75. The summed E-state index contributed by atoms with van der Waals surface area (Å²) >= 11 is 0. The molecule has 0 bridgehead atoms. The lowest BCUT2D eigenvalue weighted by molar-refractivity contribution is 0.0745. The molecule has 1 fully saturated rings. The number of benzene rings is 2. The van der Waals surface area contributed by atoms with E-state index in [9.17, 15) is 9.90 Å². The van der Waals surface area contributed by atoms with Gasteiger partial charge in [-0.1, -0.05) is 25.1 Å². The maximum Gasteiger partial charge on any atom is 0.253 e. The van der Waals surface area contributed by atoms with Crippen LogP contribution < -0.4 is 0 Å². The number of aromatic amines is 1. The van der Waals surface area contributed by atoms with Crippen molar-refractivity contribution >= 4 is 5.91 Å². The van der Waals surface area contributed by atoms with E-state index in [0.717, 1.165) is 48.2 Å². The number of hydrogen-bond donors (Lipinski definition) is 2. The number of carbonyl (C=O) groups excluding carboxylic acids is 1. The number of aliphatic hydroxyl groups is 1. The number of nitrogens with one attached hydrogen (secondary N) is 1. The Bertz CT molecular complexity index is 1240. The van der Waals surface area contributed by atoms with Crippen LogP contribution in [-0.4, -0.2) is 50.8 Å². The van der Waals surface area contributed by atoms with Crippen LogP contribution in [0.15, 0.2) is 36.4 Å². The van der Waals surface area contributed by atoms with Gasteiger partial charge in [-0.2, -0.15) is 5.26 Å². The van der Waals surface area contributed by atoms with Crippen LogP contribution in [-0.2, 0) is 0 Å². The second kappa shape index (κ2) is 10.4. The predicted molar refractivity (Wildman–Crippen MR) is 135 cm³/mol. The molecule has 1 saturated carbocycles. The molecule has 7 nitrogen and oxygen atoms in total. The molecule has 2 N–H and O–H groups in total. The summed E-state index contributed by atoms with van der Waals surface area (Å²) in [7, 11) is 1.85. The van der Waals surface area contributed by atoms with Crippen molar-refractivity contribution in [2.24, 2.45) is 0 Å². The summed E-state index contributed by atoms with van der Waals surface area (Å²) in [6, 6.07) is 13.9. The number of aliphatic hydroxyl groups excluding tert-OH is 1. The fourth-order valence-electron chi connectivity index (χ4n) is 4.91. The minimum Gasteiger partial charge on any atom is -0.393 e. The summed E-state index contributed by atoms with van der Waals surface area (Å²) in [5.74, 6) is 1.93. The van der Waals surface area contributed by atoms with Crippen molar-refractivity contribution in [3.63, 3.8) is 0 Å². The maximum atomic E-state index is 13.5. The molecule has 7 heteroatoms. The van der Waals surface area contributed by atoms with E-state index in [-0.39, 0.29) is 17.9 Å². The Kier molecular flexibility index (Phi) is 7.32. The minimum atomic E-state index is -0.264. The summed E-state index contributed by atoms with van der Waals surface area (Å²) < 4.78 is 0. The number of aryl methyl sites for hydroxylation is 2. The highest BCUT2D eigenvalue weighted by Gasteiger charge is 2.32. The number of nitrogens with zero attached hydrogens (tertiary/aromatic N) is 4. The van der Waals surface area contributed by atoms with E-state index in [1.54, 1.807) is 4.90 Å². The van der Waals surface area contributed by atoms with Crippen molar-refractivity contribution in [2.75, 3.05) is 13.6 Å². The molecule has 1 aliphatic rings. The average Bonchev–Trinajstić information content (AvgIpc) is 3.28. The van der Waals surface area contributed by atoms with Crippen molar-refractivity contribution in [3.05, 3.63) is 70.0 Å². The van der Waals surface area contributed by atoms with Crippen LogP contribution in [0.4, 0.5) is 0 Å². The Morgan fingerprint density at radius 2 is 1.94 bits per heavy atom. The van der Waals surface area contributed by atoms with Gasteiger partial charge < -0.3 is 15.0 Å². The van der Waals surface area contributed by atoms with Gasteiger partial charge >= 0.3 is 0 Å². The van der Waals surface area contributed by atoms with Gasteiger partial charge in [0.15, 0.2) is 5.82 Å². The standard InChI is InChI=1S/C28H33N5O2/c1-5-20(21-8-6-19(16-29)7-9-21)10-11-33(4)28(35)24-15-26(27-30-18(3)31-32-27)25(12-17(24)2)22-13-23(34)14-22/h6-9,12,15,20,22-23,34H,5,10-11,13-14H2,1-4H3,(H,30,31,32)/t20?,22-,23+. The van der Waals surface area contributed by atoms with Gasteiger partial charge in [0.2, 0.25) is 0 Å². The number of H-pyrrole nitrogens is 1. The van der Waals surface area contributed by atoms with Crippen molar-refractivity contribution in [1.82, 2.24) is 20.1 Å². The highest BCUT2D eigenvalue weighted by molar-refractivity contribution is 5.97. The molecule has 1 amide bonds. The van der Waals surface area contributed by atoms with Crippen molar-refractivity contribution in [1.29, 1.82) is 5.26 Å². The van der Waals surface area contributed by atoms with Gasteiger partial charge in [-0.3, -0.25) is 4.79 Å². The fraction of sp³-hybridized carbons (Fsp3) is 0.429. The van der Waals surface area contributed by atoms with E-state index in [4.69, 9.17) is 5.26 Å². The molecular weight excluding hydrogens is 438 g/mol. The van der Waals surface area contributed by atoms with Crippen LogP contribution in [0.2, 0.25) is 0 Å². The second-order valence-electron chi connectivity index (χ2n) is 9.69. The SMILES string of the molecule is CCC(CCN(C)C(=O)c1cc(-c2nnc(C)[nH]2)c([C@H]2C[C@@H](O)C2)cc1C)c1ccc(C#N)cc1. The molecule has 0 aliphatic heterocycles. The lowest BCUT2D eigenvalue weighted by Crippen LogP contribution is -2.30. The molecule has 35 heavy (non-hydrogen) atoms. The molecule has 4 rings (SSSR count). The summed E-state index contributed by atoms with van der Waals surface area (Å²) in [5.41, 5.74) is 5.43. The first-order chi connectivity index (χ1) is 16.8. The van der Waals surface area contributed by atoms with Gasteiger partial charge in [0.25, 0.3) is 5.91 Å². The quantitative estimate of drug-likeness (QED) is 0.488. The summed E-state index contributed by atoms with van der Waals surface area (Å²) in [6.45, 7) is 6.61. The van der Waals surface area contributed by atoms with E-state index in [0.29, 0.717) is 29.4 Å². The van der Waals surface area contributed by atoms with Crippen molar-refractivity contribution < 1.29 is 9.90 Å². The van der Waals surface area contributed by atoms with E-state index in [2.05, 4.69) is 34.2 Å². The normalized spacial score (nSPS) is 17.9. The van der Waals surface area contributed by atoms with E-state index < -0.39 is 0 Å². The summed E-state index contributed by atoms with van der Waals surface area (Å²) in [6.07, 6.45) is 2.99. The van der Waals surface area contributed by atoms with Gasteiger partial charge in [0.05, 0.1) is 17.7 Å². The number of carbonyl (C=O) groups is 1. The molecule has 1 heterocycles. The predicted octanol–water partition coefficient (Wildman–Crippen LogP) is 4.85. The van der Waals surface area contributed by atoms with Crippen molar-refractivity contribution in [3.8, 4) is 17.5 Å². The molecule has 1 atom stereocenters. The Hall–Kier alpha value is -3.50. The first kappa shape index (κ1) is 24.6. The van der Waals surface area contributed by atoms with E-state index >= 15 is 0 Å². The lowest BCUT2D eigenvalue weighted by Gasteiger charge is -2.33. The molecule has 0 radical (unpaired) electrons. The first-order valence-electron chi connectivity index (χ1n) is 12.3. The molecular formula is C28H33N5O2. The van der Waals surface area contributed by atoms with Crippen LogP contribution in [0.25, 0.3) is 11.4 Å². The van der Waals surface area contributed by atoms with Crippen LogP contribution in [0, 0.1) is 25.2 Å². The molecule has 0 spiro atoms. The monoisotopic (exact) mass is 471 g/mol. The third-order valence-corrected chi connectivity index (χ3v) is 7.20. The third kappa shape index (κ3) is 5.28. The highest BCUT2D eigenvalue weighted by atomic mass is 16.3. The molecule has 1 aromatic heterocycles. The van der Waals surface area contributed by atoms with Crippen molar-refractivity contribution in [2.45, 2.75) is 64.4 Å². The smallest absolute Gasteiger partial charge is 0.253 e. The number of hydrogen-bond acceptors (Lipinski definition) is 5. The summed E-state index contributed by atoms with van der Waals surface area (Å²) in [4.78, 5) is 18.5. The van der Waals surface area contributed by atoms with Crippen LogP contribution >= 0.6 is 0 Å². The fourth-order valence-corrected chi connectivity index (χ4v) is 4.91.